The van der Waals surface area contributed by atoms with Gasteiger partial charge in [0.25, 0.3) is 0 Å². The Hall–Kier alpha value is -2.09. The predicted molar refractivity (Wildman–Crippen MR) is 66.1 cm³/mol. The maximum atomic E-state index is 13.2. The van der Waals surface area contributed by atoms with E-state index in [2.05, 4.69) is 14.8 Å². The van der Waals surface area contributed by atoms with E-state index in [1.807, 2.05) is 0 Å². The number of ether oxygens (including phenoxy) is 1. The number of anilines is 1. The molecule has 0 aliphatic carbocycles. The molecule has 0 N–H and O–H groups in total. The van der Waals surface area contributed by atoms with Gasteiger partial charge in [-0.15, -0.1) is 0 Å². The molecule has 0 atom stereocenters. The highest BCUT2D eigenvalue weighted by molar-refractivity contribution is 5.99. The van der Waals surface area contributed by atoms with Crippen molar-refractivity contribution >= 4 is 17.2 Å². The van der Waals surface area contributed by atoms with Gasteiger partial charge in [-0.25, -0.2) is 9.50 Å². The first-order valence-corrected chi connectivity index (χ1v) is 6.08. The maximum Gasteiger partial charge on any atom is 0.373 e. The van der Waals surface area contributed by atoms with Crippen LogP contribution in [0.1, 0.15) is 17.3 Å². The van der Waals surface area contributed by atoms with Gasteiger partial charge in [-0.3, -0.25) is 4.79 Å². The minimum atomic E-state index is -3.18. The molecule has 20 heavy (non-hydrogen) atoms. The second-order valence-corrected chi connectivity index (χ2v) is 4.58. The number of carbonyl (C=O) groups excluding carboxylic acids is 1. The van der Waals surface area contributed by atoms with Crippen LogP contribution in [-0.4, -0.2) is 46.2 Å². The molecule has 1 fully saturated rings. The number of rotatable bonds is 2. The van der Waals surface area contributed by atoms with Crippen LogP contribution in [0, 0.1) is 0 Å². The van der Waals surface area contributed by atoms with Crippen LogP contribution < -0.4 is 4.90 Å². The van der Waals surface area contributed by atoms with Crippen LogP contribution in [0.5, 0.6) is 0 Å². The van der Waals surface area contributed by atoms with Crippen molar-refractivity contribution in [2.24, 2.45) is 0 Å². The van der Waals surface area contributed by atoms with E-state index < -0.39 is 12.7 Å². The van der Waals surface area contributed by atoms with Gasteiger partial charge in [0, 0.05) is 12.7 Å². The molecule has 3 heterocycles. The summed E-state index contributed by atoms with van der Waals surface area (Å²) >= 11 is 0. The van der Waals surface area contributed by atoms with E-state index in [4.69, 9.17) is 0 Å². The molecule has 2 aromatic rings. The summed E-state index contributed by atoms with van der Waals surface area (Å²) in [4.78, 5) is 17.2. The fourth-order valence-corrected chi connectivity index (χ4v) is 2.13. The second-order valence-electron chi connectivity index (χ2n) is 4.58. The van der Waals surface area contributed by atoms with Crippen molar-refractivity contribution in [3.05, 3.63) is 24.0 Å². The van der Waals surface area contributed by atoms with E-state index in [-0.39, 0.29) is 12.4 Å². The van der Waals surface area contributed by atoms with Gasteiger partial charge in [0.1, 0.15) is 12.4 Å². The summed E-state index contributed by atoms with van der Waals surface area (Å²) in [5, 5.41) is 4.00. The van der Waals surface area contributed by atoms with Gasteiger partial charge < -0.3 is 9.64 Å². The van der Waals surface area contributed by atoms with Gasteiger partial charge in [0.2, 0.25) is 0 Å². The van der Waals surface area contributed by atoms with E-state index in [0.29, 0.717) is 23.6 Å². The second kappa shape index (κ2) is 4.48. The fourth-order valence-electron chi connectivity index (χ4n) is 2.13. The zero-order chi connectivity index (χ0) is 14.3. The zero-order valence-electron chi connectivity index (χ0n) is 10.7. The van der Waals surface area contributed by atoms with Crippen molar-refractivity contribution in [3.63, 3.8) is 0 Å². The lowest BCUT2D eigenvalue weighted by Crippen LogP contribution is -2.47. The summed E-state index contributed by atoms with van der Waals surface area (Å²) in [6.07, 6.45) is -0.171. The molecular formula is C12H12F2N4O2. The lowest BCUT2D eigenvalue weighted by atomic mass is 10.2. The standard InChI is InChI=1S/C12H12F2N4O2/c1-8(19)9-6-15-18-3-2-10(16-11(9)18)17-4-5-20-12(13,14)7-17/h2-3,6H,4-5,7H2,1H3. The summed E-state index contributed by atoms with van der Waals surface area (Å²) in [5.74, 6) is 0.209. The minimum Gasteiger partial charge on any atom is -0.345 e. The first kappa shape index (κ1) is 12.9. The van der Waals surface area contributed by atoms with Crippen molar-refractivity contribution in [1.82, 2.24) is 14.6 Å². The molecule has 0 spiro atoms. The summed E-state index contributed by atoms with van der Waals surface area (Å²) in [5.41, 5.74) is 0.733. The third-order valence-corrected chi connectivity index (χ3v) is 3.11. The molecule has 2 aromatic heterocycles. The highest BCUT2D eigenvalue weighted by Crippen LogP contribution is 2.25. The number of morpholine rings is 1. The molecule has 106 valence electrons. The molecule has 0 bridgehead atoms. The number of alkyl halides is 2. The third-order valence-electron chi connectivity index (χ3n) is 3.11. The number of fused-ring (bicyclic) bond motifs is 1. The van der Waals surface area contributed by atoms with E-state index >= 15 is 0 Å². The van der Waals surface area contributed by atoms with Crippen LogP contribution in [-0.2, 0) is 4.74 Å². The van der Waals surface area contributed by atoms with Gasteiger partial charge in [0.15, 0.2) is 11.4 Å². The number of ketones is 1. The first-order chi connectivity index (χ1) is 9.46. The largest absolute Gasteiger partial charge is 0.373 e. The average molecular weight is 282 g/mol. The van der Waals surface area contributed by atoms with Gasteiger partial charge in [0.05, 0.1) is 18.4 Å². The number of nitrogens with zero attached hydrogens (tertiary/aromatic N) is 4. The Bertz CT molecular complexity index is 671. The van der Waals surface area contributed by atoms with Crippen LogP contribution in [0.2, 0.25) is 0 Å². The minimum absolute atomic E-state index is 0.0707. The molecule has 1 aliphatic rings. The first-order valence-electron chi connectivity index (χ1n) is 6.08. The van der Waals surface area contributed by atoms with Crippen LogP contribution >= 0.6 is 0 Å². The molecule has 8 heteroatoms. The zero-order valence-corrected chi connectivity index (χ0v) is 10.7. The Morgan fingerprint density at radius 2 is 2.30 bits per heavy atom. The Morgan fingerprint density at radius 1 is 1.50 bits per heavy atom. The number of aromatic nitrogens is 3. The number of halogens is 2. The Labute approximate surface area is 113 Å². The van der Waals surface area contributed by atoms with E-state index in [0.717, 1.165) is 0 Å². The number of hydrogen-bond donors (Lipinski definition) is 0. The highest BCUT2D eigenvalue weighted by Gasteiger charge is 2.37. The summed E-state index contributed by atoms with van der Waals surface area (Å²) in [7, 11) is 0. The molecule has 6 nitrogen and oxygen atoms in total. The third kappa shape index (κ3) is 2.22. The summed E-state index contributed by atoms with van der Waals surface area (Å²) in [6, 6.07) is 1.59. The Balaban J connectivity index is 1.99. The lowest BCUT2D eigenvalue weighted by Gasteiger charge is -2.32. The quantitative estimate of drug-likeness (QED) is 0.778. The van der Waals surface area contributed by atoms with Crippen molar-refractivity contribution < 1.29 is 18.3 Å². The number of hydrogen-bond acceptors (Lipinski definition) is 5. The van der Waals surface area contributed by atoms with Gasteiger partial charge >= 0.3 is 6.11 Å². The molecule has 0 saturated carbocycles. The summed E-state index contributed by atoms with van der Waals surface area (Å²) < 4.78 is 32.3. The van der Waals surface area contributed by atoms with E-state index in [1.54, 1.807) is 12.3 Å². The van der Waals surface area contributed by atoms with E-state index in [9.17, 15) is 13.6 Å². The Morgan fingerprint density at radius 3 is 3.00 bits per heavy atom. The molecule has 0 aromatic carbocycles. The highest BCUT2D eigenvalue weighted by atomic mass is 19.3. The molecule has 3 rings (SSSR count). The van der Waals surface area contributed by atoms with Crippen molar-refractivity contribution in [3.8, 4) is 0 Å². The molecule has 1 aliphatic heterocycles. The van der Waals surface area contributed by atoms with Crippen LogP contribution in [0.4, 0.5) is 14.6 Å². The monoisotopic (exact) mass is 282 g/mol. The van der Waals surface area contributed by atoms with Gasteiger partial charge in [-0.1, -0.05) is 0 Å². The SMILES string of the molecule is CC(=O)c1cnn2ccc(N3CCOC(F)(F)C3)nc12. The molecular weight excluding hydrogens is 270 g/mol. The lowest BCUT2D eigenvalue weighted by molar-refractivity contribution is -0.240. The molecule has 0 radical (unpaired) electrons. The maximum absolute atomic E-state index is 13.2. The van der Waals surface area contributed by atoms with Crippen molar-refractivity contribution in [1.29, 1.82) is 0 Å². The normalized spacial score (nSPS) is 18.4. The molecule has 0 amide bonds. The van der Waals surface area contributed by atoms with E-state index in [1.165, 1.54) is 22.5 Å². The van der Waals surface area contributed by atoms with Crippen LogP contribution in [0.3, 0.4) is 0 Å². The van der Waals surface area contributed by atoms with Gasteiger partial charge in [-0.2, -0.15) is 13.9 Å². The summed E-state index contributed by atoms with van der Waals surface area (Å²) in [6.45, 7) is 1.11. The van der Waals surface area contributed by atoms with Crippen molar-refractivity contribution in [2.75, 3.05) is 24.6 Å². The Kier molecular flexibility index (Phi) is 2.89. The molecule has 0 unspecified atom stereocenters. The van der Waals surface area contributed by atoms with Gasteiger partial charge in [-0.05, 0) is 13.0 Å². The predicted octanol–water partition coefficient (Wildman–Crippen LogP) is 1.36. The van der Waals surface area contributed by atoms with Crippen LogP contribution in [0.25, 0.3) is 5.65 Å². The number of Topliss-reactive ketones (excluding diaryl/α,β-unsaturated/α-hetero) is 1. The topological polar surface area (TPSA) is 59.7 Å². The smallest absolute Gasteiger partial charge is 0.345 e. The van der Waals surface area contributed by atoms with Crippen molar-refractivity contribution in [2.45, 2.75) is 13.0 Å². The molecule has 1 saturated heterocycles. The number of carbonyl (C=O) groups is 1. The fraction of sp³-hybridized carbons (Fsp3) is 0.417. The average Bonchev–Trinajstić information content (AvgIpc) is 2.80. The van der Waals surface area contributed by atoms with Crippen LogP contribution in [0.15, 0.2) is 18.5 Å².